The fourth-order valence-corrected chi connectivity index (χ4v) is 1.82. The Kier molecular flexibility index (Phi) is 3.32. The van der Waals surface area contributed by atoms with Crippen molar-refractivity contribution in [2.75, 3.05) is 7.11 Å². The van der Waals surface area contributed by atoms with Gasteiger partial charge in [0.2, 0.25) is 0 Å². The van der Waals surface area contributed by atoms with Gasteiger partial charge in [-0.05, 0) is 30.2 Å². The van der Waals surface area contributed by atoms with Crippen LogP contribution in [0.1, 0.15) is 22.9 Å². The molecule has 0 radical (unpaired) electrons. The van der Waals surface area contributed by atoms with Crippen molar-refractivity contribution in [3.05, 3.63) is 65.5 Å². The summed E-state index contributed by atoms with van der Waals surface area (Å²) in [5.41, 5.74) is 3.31. The lowest BCUT2D eigenvalue weighted by atomic mass is 10.0. The van der Waals surface area contributed by atoms with E-state index < -0.39 is 0 Å². The van der Waals surface area contributed by atoms with Crippen molar-refractivity contribution in [1.29, 1.82) is 0 Å². The zero-order chi connectivity index (χ0) is 11.4. The topological polar surface area (TPSA) is 22.1 Å². The molecule has 1 aromatic heterocycles. The van der Waals surface area contributed by atoms with E-state index in [0.717, 1.165) is 16.8 Å². The number of aromatic nitrogens is 1. The summed E-state index contributed by atoms with van der Waals surface area (Å²) in [5.74, 6) is 0. The van der Waals surface area contributed by atoms with Gasteiger partial charge < -0.3 is 4.74 Å². The highest BCUT2D eigenvalue weighted by Gasteiger charge is 2.12. The zero-order valence-corrected chi connectivity index (χ0v) is 9.55. The highest BCUT2D eigenvalue weighted by Crippen LogP contribution is 2.24. The summed E-state index contributed by atoms with van der Waals surface area (Å²) in [7, 11) is 1.73. The molecule has 0 bridgehead atoms. The Balaban J connectivity index is 2.37. The number of methoxy groups -OCH3 is 1. The second-order valence-electron chi connectivity index (χ2n) is 3.76. The molecule has 2 heteroatoms. The molecule has 1 atom stereocenters. The minimum absolute atomic E-state index is 0.0112. The molecule has 2 nitrogen and oxygen atoms in total. The van der Waals surface area contributed by atoms with Gasteiger partial charge in [-0.15, -0.1) is 0 Å². The van der Waals surface area contributed by atoms with Crippen molar-refractivity contribution < 1.29 is 4.74 Å². The van der Waals surface area contributed by atoms with Gasteiger partial charge in [0.25, 0.3) is 0 Å². The Labute approximate surface area is 95.9 Å². The van der Waals surface area contributed by atoms with Crippen LogP contribution in [0.15, 0.2) is 48.7 Å². The van der Waals surface area contributed by atoms with E-state index in [2.05, 4.69) is 23.2 Å². The molecule has 0 saturated carbocycles. The molecule has 16 heavy (non-hydrogen) atoms. The second-order valence-corrected chi connectivity index (χ2v) is 3.76. The smallest absolute Gasteiger partial charge is 0.107 e. The molecular weight excluding hydrogens is 198 g/mol. The summed E-state index contributed by atoms with van der Waals surface area (Å²) in [4.78, 5) is 4.19. The molecule has 2 rings (SSSR count). The predicted molar refractivity (Wildman–Crippen MR) is 64.3 cm³/mol. The van der Waals surface area contributed by atoms with Crippen molar-refractivity contribution in [3.63, 3.8) is 0 Å². The molecule has 0 saturated heterocycles. The van der Waals surface area contributed by atoms with Crippen molar-refractivity contribution in [2.24, 2.45) is 0 Å². The molecule has 1 aromatic carbocycles. The first-order valence-corrected chi connectivity index (χ1v) is 5.31. The largest absolute Gasteiger partial charge is 0.372 e. The van der Waals surface area contributed by atoms with Crippen LogP contribution in [-0.2, 0) is 4.74 Å². The first-order chi connectivity index (χ1) is 7.81. The van der Waals surface area contributed by atoms with Crippen LogP contribution in [-0.4, -0.2) is 12.1 Å². The SMILES string of the molecule is COC(c1ccccc1)c1ccnc(C)c1. The Morgan fingerprint density at radius 1 is 1.06 bits per heavy atom. The summed E-state index contributed by atoms with van der Waals surface area (Å²) in [6.07, 6.45) is 1.81. The molecule has 2 aromatic rings. The minimum atomic E-state index is -0.0112. The first-order valence-electron chi connectivity index (χ1n) is 5.31. The highest BCUT2D eigenvalue weighted by molar-refractivity contribution is 5.30. The Morgan fingerprint density at radius 2 is 1.81 bits per heavy atom. The number of aryl methyl sites for hydroxylation is 1. The standard InChI is InChI=1S/C14H15NO/c1-11-10-13(8-9-15-11)14(16-2)12-6-4-3-5-7-12/h3-10,14H,1-2H3. The van der Waals surface area contributed by atoms with Gasteiger partial charge in [0, 0.05) is 19.0 Å². The van der Waals surface area contributed by atoms with Gasteiger partial charge in [0.05, 0.1) is 0 Å². The van der Waals surface area contributed by atoms with Crippen LogP contribution < -0.4 is 0 Å². The molecule has 82 valence electrons. The summed E-state index contributed by atoms with van der Waals surface area (Å²) in [6.45, 7) is 1.99. The van der Waals surface area contributed by atoms with Gasteiger partial charge in [-0.1, -0.05) is 30.3 Å². The predicted octanol–water partition coefficient (Wildman–Crippen LogP) is 3.13. The lowest BCUT2D eigenvalue weighted by molar-refractivity contribution is 0.136. The van der Waals surface area contributed by atoms with E-state index in [1.807, 2.05) is 37.4 Å². The van der Waals surface area contributed by atoms with Crippen LogP contribution in [0.3, 0.4) is 0 Å². The van der Waals surface area contributed by atoms with E-state index in [-0.39, 0.29) is 6.10 Å². The third-order valence-electron chi connectivity index (χ3n) is 2.56. The van der Waals surface area contributed by atoms with E-state index in [4.69, 9.17) is 4.74 Å². The molecule has 0 spiro atoms. The lowest BCUT2D eigenvalue weighted by Crippen LogP contribution is -2.03. The van der Waals surface area contributed by atoms with Crippen LogP contribution in [0.25, 0.3) is 0 Å². The number of hydrogen-bond donors (Lipinski definition) is 0. The van der Waals surface area contributed by atoms with Gasteiger partial charge in [-0.2, -0.15) is 0 Å². The van der Waals surface area contributed by atoms with Gasteiger partial charge >= 0.3 is 0 Å². The monoisotopic (exact) mass is 213 g/mol. The maximum atomic E-state index is 5.55. The lowest BCUT2D eigenvalue weighted by Gasteiger charge is -2.16. The molecule has 0 fully saturated rings. The number of hydrogen-bond acceptors (Lipinski definition) is 2. The van der Waals surface area contributed by atoms with Crippen LogP contribution in [0, 0.1) is 6.92 Å². The van der Waals surface area contributed by atoms with Crippen molar-refractivity contribution in [2.45, 2.75) is 13.0 Å². The Morgan fingerprint density at radius 3 is 2.44 bits per heavy atom. The van der Waals surface area contributed by atoms with E-state index in [1.165, 1.54) is 0 Å². The Bertz CT molecular complexity index is 453. The van der Waals surface area contributed by atoms with Gasteiger partial charge in [0.1, 0.15) is 6.10 Å². The summed E-state index contributed by atoms with van der Waals surface area (Å²) in [5, 5.41) is 0. The first kappa shape index (κ1) is 10.8. The van der Waals surface area contributed by atoms with Crippen molar-refractivity contribution in [1.82, 2.24) is 4.98 Å². The van der Waals surface area contributed by atoms with Gasteiger partial charge in [-0.25, -0.2) is 0 Å². The molecule has 0 aliphatic heterocycles. The minimum Gasteiger partial charge on any atom is -0.372 e. The zero-order valence-electron chi connectivity index (χ0n) is 9.55. The second kappa shape index (κ2) is 4.90. The average Bonchev–Trinajstić information content (AvgIpc) is 2.31. The number of benzene rings is 1. The molecule has 0 aliphatic carbocycles. The van der Waals surface area contributed by atoms with Crippen LogP contribution in [0.4, 0.5) is 0 Å². The van der Waals surface area contributed by atoms with Crippen LogP contribution >= 0.6 is 0 Å². The van der Waals surface area contributed by atoms with E-state index >= 15 is 0 Å². The summed E-state index contributed by atoms with van der Waals surface area (Å²) in [6, 6.07) is 14.3. The molecule has 1 heterocycles. The number of rotatable bonds is 3. The fraction of sp³-hybridized carbons (Fsp3) is 0.214. The van der Waals surface area contributed by atoms with Gasteiger partial charge in [0.15, 0.2) is 0 Å². The van der Waals surface area contributed by atoms with Crippen LogP contribution in [0.2, 0.25) is 0 Å². The quantitative estimate of drug-likeness (QED) is 0.781. The molecule has 0 N–H and O–H groups in total. The van der Waals surface area contributed by atoms with Crippen molar-refractivity contribution in [3.8, 4) is 0 Å². The Hall–Kier alpha value is -1.67. The third-order valence-corrected chi connectivity index (χ3v) is 2.56. The summed E-state index contributed by atoms with van der Waals surface area (Å²) < 4.78 is 5.55. The molecular formula is C14H15NO. The average molecular weight is 213 g/mol. The molecule has 0 aliphatic rings. The third kappa shape index (κ3) is 2.28. The maximum absolute atomic E-state index is 5.55. The summed E-state index contributed by atoms with van der Waals surface area (Å²) >= 11 is 0. The number of pyridine rings is 1. The van der Waals surface area contributed by atoms with E-state index in [0.29, 0.717) is 0 Å². The maximum Gasteiger partial charge on any atom is 0.107 e. The van der Waals surface area contributed by atoms with E-state index in [9.17, 15) is 0 Å². The number of ether oxygens (including phenoxy) is 1. The number of nitrogens with zero attached hydrogens (tertiary/aromatic N) is 1. The normalized spacial score (nSPS) is 12.4. The fourth-order valence-electron chi connectivity index (χ4n) is 1.82. The molecule has 0 amide bonds. The highest BCUT2D eigenvalue weighted by atomic mass is 16.5. The molecule has 1 unspecified atom stereocenters. The van der Waals surface area contributed by atoms with Gasteiger partial charge in [-0.3, -0.25) is 4.98 Å². The van der Waals surface area contributed by atoms with E-state index in [1.54, 1.807) is 7.11 Å². The van der Waals surface area contributed by atoms with Crippen molar-refractivity contribution >= 4 is 0 Å². The van der Waals surface area contributed by atoms with Crippen LogP contribution in [0.5, 0.6) is 0 Å².